The molecule has 0 saturated carbocycles. The molecule has 2 rings (SSSR count). The number of carbonyl (C=O) groups excluding carboxylic acids is 1. The van der Waals surface area contributed by atoms with Gasteiger partial charge in [-0.3, -0.25) is 9.69 Å². The van der Waals surface area contributed by atoms with E-state index < -0.39 is 6.23 Å². The number of aliphatic hydroxyl groups excluding tert-OH is 1. The molecule has 1 atom stereocenters. The van der Waals surface area contributed by atoms with E-state index in [1.54, 1.807) is 9.80 Å². The topological polar surface area (TPSA) is 43.8 Å². The molecule has 0 radical (unpaired) electrons. The van der Waals surface area contributed by atoms with Crippen LogP contribution >= 0.6 is 12.2 Å². The molecule has 0 aromatic carbocycles. The van der Waals surface area contributed by atoms with Gasteiger partial charge in [-0.15, -0.1) is 0 Å². The lowest BCUT2D eigenvalue weighted by Gasteiger charge is -2.42. The Hall–Kier alpha value is -1.46. The number of thiocarbonyl (C=S) groups is 1. The van der Waals surface area contributed by atoms with Crippen molar-refractivity contribution in [1.82, 2.24) is 9.80 Å². The van der Waals surface area contributed by atoms with Crippen LogP contribution in [0.5, 0.6) is 0 Å². The molecule has 1 unspecified atom stereocenters. The summed E-state index contributed by atoms with van der Waals surface area (Å²) >= 11 is 5.39. The van der Waals surface area contributed by atoms with Gasteiger partial charge in [-0.2, -0.15) is 0 Å². The molecule has 4 nitrogen and oxygen atoms in total. The molecule has 24 heavy (non-hydrogen) atoms. The molecular formula is C19H28N2O2S. The van der Waals surface area contributed by atoms with Gasteiger partial charge in [0.05, 0.1) is 5.57 Å². The summed E-state index contributed by atoms with van der Waals surface area (Å²) in [5.41, 5.74) is 2.65. The Morgan fingerprint density at radius 1 is 1.33 bits per heavy atom. The van der Waals surface area contributed by atoms with E-state index in [4.69, 9.17) is 12.2 Å². The molecular weight excluding hydrogens is 320 g/mol. The monoisotopic (exact) mass is 348 g/mol. The van der Waals surface area contributed by atoms with E-state index in [9.17, 15) is 9.90 Å². The van der Waals surface area contributed by atoms with Crippen molar-refractivity contribution >= 4 is 23.2 Å². The number of aliphatic hydroxyl groups is 1. The fourth-order valence-corrected chi connectivity index (χ4v) is 4.04. The molecule has 1 N–H and O–H groups in total. The van der Waals surface area contributed by atoms with Crippen LogP contribution in [0.15, 0.2) is 34.9 Å². The van der Waals surface area contributed by atoms with Crippen molar-refractivity contribution in [2.24, 2.45) is 5.41 Å². The fraction of sp³-hybridized carbons (Fsp3) is 0.579. The number of carbonyl (C=O) groups is 1. The highest BCUT2D eigenvalue weighted by molar-refractivity contribution is 7.80. The highest BCUT2D eigenvalue weighted by atomic mass is 32.1. The Kier molecular flexibility index (Phi) is 5.66. The van der Waals surface area contributed by atoms with Crippen LogP contribution in [-0.4, -0.2) is 45.2 Å². The van der Waals surface area contributed by atoms with Gasteiger partial charge in [0.1, 0.15) is 0 Å². The smallest absolute Gasteiger partial charge is 0.260 e. The van der Waals surface area contributed by atoms with Crippen LogP contribution in [-0.2, 0) is 4.79 Å². The summed E-state index contributed by atoms with van der Waals surface area (Å²) in [5.74, 6) is -0.163. The predicted molar refractivity (Wildman–Crippen MR) is 101 cm³/mol. The maximum Gasteiger partial charge on any atom is 0.260 e. The van der Waals surface area contributed by atoms with Crippen LogP contribution in [0.25, 0.3) is 0 Å². The molecule has 132 valence electrons. The van der Waals surface area contributed by atoms with Gasteiger partial charge in [-0.1, -0.05) is 32.1 Å². The Balaban J connectivity index is 2.60. The second-order valence-corrected chi connectivity index (χ2v) is 7.53. The fourth-order valence-electron chi connectivity index (χ4n) is 3.60. The maximum absolute atomic E-state index is 13.0. The second kappa shape index (κ2) is 7.19. The molecule has 5 heteroatoms. The maximum atomic E-state index is 13.0. The van der Waals surface area contributed by atoms with Gasteiger partial charge >= 0.3 is 0 Å². The zero-order chi connectivity index (χ0) is 18.1. The number of likely N-dealkylation sites (N-methyl/N-ethyl adjacent to an activating group) is 2. The Morgan fingerprint density at radius 2 is 2.00 bits per heavy atom. The van der Waals surface area contributed by atoms with Crippen LogP contribution in [0.1, 0.15) is 47.5 Å². The molecule has 0 spiro atoms. The van der Waals surface area contributed by atoms with Crippen molar-refractivity contribution in [3.05, 3.63) is 34.9 Å². The molecule has 1 fully saturated rings. The number of allylic oxidation sites excluding steroid dienone is 5. The van der Waals surface area contributed by atoms with E-state index in [-0.39, 0.29) is 11.3 Å². The van der Waals surface area contributed by atoms with E-state index in [1.165, 1.54) is 5.57 Å². The molecule has 0 aromatic rings. The third kappa shape index (κ3) is 3.47. The standard InChI is InChI=1S/C19H28N2O2S/c1-6-9-13-10-14(12-19(4,5)11-13)15-16(22)20(7-2)18(24)21(8-3)17(15)23/h6,9-10,16,22H,7-8,11-12H2,1-5H3/b9-6+,15-14+. The Bertz CT molecular complexity index is 631. The number of amides is 1. The molecule has 2 aliphatic rings. The van der Waals surface area contributed by atoms with Gasteiger partial charge in [-0.05, 0) is 62.4 Å². The zero-order valence-corrected chi connectivity index (χ0v) is 16.1. The van der Waals surface area contributed by atoms with Gasteiger partial charge in [-0.25, -0.2) is 0 Å². The summed E-state index contributed by atoms with van der Waals surface area (Å²) in [5, 5.41) is 11.2. The SMILES string of the molecule is C/C=C/C1=CC(=C2\C(=O)N(CC)C(=S)N(CC)C2O)/CC(C)(C)C1. The van der Waals surface area contributed by atoms with Gasteiger partial charge in [0.15, 0.2) is 11.3 Å². The zero-order valence-electron chi connectivity index (χ0n) is 15.3. The van der Waals surface area contributed by atoms with Crippen LogP contribution in [0, 0.1) is 5.41 Å². The van der Waals surface area contributed by atoms with E-state index in [1.807, 2.05) is 26.8 Å². The Morgan fingerprint density at radius 3 is 2.54 bits per heavy atom. The van der Waals surface area contributed by atoms with Crippen molar-refractivity contribution < 1.29 is 9.90 Å². The van der Waals surface area contributed by atoms with Crippen molar-refractivity contribution in [2.75, 3.05) is 13.1 Å². The van der Waals surface area contributed by atoms with Gasteiger partial charge in [0.2, 0.25) is 0 Å². The van der Waals surface area contributed by atoms with E-state index in [0.29, 0.717) is 23.8 Å². The lowest BCUT2D eigenvalue weighted by atomic mass is 9.73. The molecule has 0 bridgehead atoms. The summed E-state index contributed by atoms with van der Waals surface area (Å²) in [6.07, 6.45) is 6.93. The summed E-state index contributed by atoms with van der Waals surface area (Å²) in [6.45, 7) is 11.3. The molecule has 1 heterocycles. The number of nitrogens with zero attached hydrogens (tertiary/aromatic N) is 2. The molecule has 1 aliphatic heterocycles. The average molecular weight is 349 g/mol. The quantitative estimate of drug-likeness (QED) is 0.627. The van der Waals surface area contributed by atoms with Crippen LogP contribution < -0.4 is 0 Å². The largest absolute Gasteiger partial charge is 0.369 e. The lowest BCUT2D eigenvalue weighted by Crippen LogP contribution is -2.58. The first kappa shape index (κ1) is 18.9. The first-order valence-electron chi connectivity index (χ1n) is 8.62. The number of hydrogen-bond donors (Lipinski definition) is 1. The minimum absolute atomic E-state index is 0.0535. The van der Waals surface area contributed by atoms with E-state index >= 15 is 0 Å². The Labute approximate surface area is 150 Å². The highest BCUT2D eigenvalue weighted by Gasteiger charge is 2.40. The van der Waals surface area contributed by atoms with Gasteiger partial charge < -0.3 is 10.0 Å². The third-order valence-electron chi connectivity index (χ3n) is 4.60. The van der Waals surface area contributed by atoms with E-state index in [0.717, 1.165) is 18.4 Å². The van der Waals surface area contributed by atoms with Crippen molar-refractivity contribution in [1.29, 1.82) is 0 Å². The first-order valence-corrected chi connectivity index (χ1v) is 9.03. The first-order chi connectivity index (χ1) is 11.3. The predicted octanol–water partition coefficient (Wildman–Crippen LogP) is 3.39. The normalized spacial score (nSPS) is 27.9. The molecule has 1 saturated heterocycles. The van der Waals surface area contributed by atoms with E-state index in [2.05, 4.69) is 26.0 Å². The molecule has 1 amide bonds. The van der Waals surface area contributed by atoms with Gasteiger partial charge in [0.25, 0.3) is 5.91 Å². The van der Waals surface area contributed by atoms with Crippen LogP contribution in [0.4, 0.5) is 0 Å². The van der Waals surface area contributed by atoms with Crippen molar-refractivity contribution in [3.63, 3.8) is 0 Å². The van der Waals surface area contributed by atoms with Crippen molar-refractivity contribution in [3.8, 4) is 0 Å². The summed E-state index contributed by atoms with van der Waals surface area (Å²) in [7, 11) is 0. The van der Waals surface area contributed by atoms with Crippen LogP contribution in [0.3, 0.4) is 0 Å². The summed E-state index contributed by atoms with van der Waals surface area (Å²) in [6, 6.07) is 0. The average Bonchev–Trinajstić information content (AvgIpc) is 2.46. The van der Waals surface area contributed by atoms with Crippen molar-refractivity contribution in [2.45, 2.75) is 53.7 Å². The minimum atomic E-state index is -0.968. The summed E-state index contributed by atoms with van der Waals surface area (Å²) in [4.78, 5) is 16.3. The highest BCUT2D eigenvalue weighted by Crippen LogP contribution is 2.41. The lowest BCUT2D eigenvalue weighted by molar-refractivity contribution is -0.128. The molecule has 1 aliphatic carbocycles. The summed E-state index contributed by atoms with van der Waals surface area (Å²) < 4.78 is 0. The second-order valence-electron chi connectivity index (χ2n) is 7.17. The minimum Gasteiger partial charge on any atom is -0.369 e. The third-order valence-corrected chi connectivity index (χ3v) is 5.06. The van der Waals surface area contributed by atoms with Gasteiger partial charge in [0, 0.05) is 13.1 Å². The molecule has 0 aromatic heterocycles. The van der Waals surface area contributed by atoms with Crippen LogP contribution in [0.2, 0.25) is 0 Å². The number of rotatable bonds is 3. The number of hydrogen-bond acceptors (Lipinski definition) is 3.